The van der Waals surface area contributed by atoms with Crippen molar-refractivity contribution in [1.82, 2.24) is 5.32 Å². The number of benzene rings is 1. The summed E-state index contributed by atoms with van der Waals surface area (Å²) >= 11 is 0. The van der Waals surface area contributed by atoms with Gasteiger partial charge in [-0.25, -0.2) is 0 Å². The van der Waals surface area contributed by atoms with Crippen molar-refractivity contribution in [3.05, 3.63) is 23.8 Å². The van der Waals surface area contributed by atoms with Crippen LogP contribution in [-0.4, -0.2) is 28.8 Å². The average molecular weight is 220 g/mol. The van der Waals surface area contributed by atoms with Gasteiger partial charge in [0.05, 0.1) is 11.2 Å². The summed E-state index contributed by atoms with van der Waals surface area (Å²) in [4.78, 5) is 0. The summed E-state index contributed by atoms with van der Waals surface area (Å²) in [6.45, 7) is 1.80. The molecule has 4 N–H and O–H groups in total. The van der Waals surface area contributed by atoms with Gasteiger partial charge in [0.1, 0.15) is 11.9 Å². The predicted molar refractivity (Wildman–Crippen MR) is 61.5 cm³/mol. The number of phenolic OH excluding ortho intramolecular Hbond substituents is 1. The topological polar surface area (TPSA) is 64.5 Å². The van der Waals surface area contributed by atoms with Crippen LogP contribution in [0.5, 0.6) is 5.75 Å². The molecule has 1 aromatic carbocycles. The summed E-state index contributed by atoms with van der Waals surface area (Å²) in [5.41, 5.74) is 1.24. The first-order chi connectivity index (χ1) is 7.73. The lowest BCUT2D eigenvalue weighted by atomic mass is 9.83. The Hall–Kier alpha value is -1.26. The number of para-hydroxylation sites is 1. The summed E-state index contributed by atoms with van der Waals surface area (Å²) in [7, 11) is 0. The van der Waals surface area contributed by atoms with Gasteiger partial charge in [0.2, 0.25) is 0 Å². The molecule has 0 bridgehead atoms. The first-order valence-electron chi connectivity index (χ1n) is 5.72. The molecular weight excluding hydrogens is 204 g/mol. The van der Waals surface area contributed by atoms with E-state index >= 15 is 0 Å². The first-order valence-corrected chi connectivity index (χ1v) is 5.72. The van der Waals surface area contributed by atoms with E-state index in [1.807, 2.05) is 6.07 Å². The fourth-order valence-corrected chi connectivity index (χ4v) is 2.81. The van der Waals surface area contributed by atoms with Gasteiger partial charge in [0.15, 0.2) is 0 Å². The van der Waals surface area contributed by atoms with Crippen molar-refractivity contribution in [2.24, 2.45) is 0 Å². The number of hydrogen-bond acceptors (Lipinski definition) is 4. The van der Waals surface area contributed by atoms with Crippen LogP contribution in [0.15, 0.2) is 18.2 Å². The molecule has 0 aromatic heterocycles. The number of fused-ring (bicyclic) bond motifs is 1. The van der Waals surface area contributed by atoms with Crippen LogP contribution >= 0.6 is 0 Å². The van der Waals surface area contributed by atoms with Crippen LogP contribution in [0, 0.1) is 0 Å². The SMILES string of the molecule is Oc1cccc2c1NC1(CCNCC1)C2O. The number of aliphatic hydroxyl groups is 1. The van der Waals surface area contributed by atoms with Gasteiger partial charge >= 0.3 is 0 Å². The van der Waals surface area contributed by atoms with Crippen molar-refractivity contribution in [2.75, 3.05) is 18.4 Å². The predicted octanol–water partition coefficient (Wildman–Crippen LogP) is 0.973. The Balaban J connectivity index is 2.02. The van der Waals surface area contributed by atoms with Gasteiger partial charge in [-0.2, -0.15) is 0 Å². The van der Waals surface area contributed by atoms with Crippen molar-refractivity contribution in [3.8, 4) is 5.75 Å². The second-order valence-corrected chi connectivity index (χ2v) is 4.68. The molecular formula is C12H16N2O2. The van der Waals surface area contributed by atoms with Crippen LogP contribution in [0.25, 0.3) is 0 Å². The van der Waals surface area contributed by atoms with Crippen molar-refractivity contribution < 1.29 is 10.2 Å². The van der Waals surface area contributed by atoms with E-state index in [1.54, 1.807) is 12.1 Å². The van der Waals surface area contributed by atoms with Gasteiger partial charge in [-0.15, -0.1) is 0 Å². The zero-order chi connectivity index (χ0) is 11.2. The molecule has 3 rings (SSSR count). The Kier molecular flexibility index (Phi) is 2.09. The van der Waals surface area contributed by atoms with E-state index in [-0.39, 0.29) is 11.3 Å². The van der Waals surface area contributed by atoms with Gasteiger partial charge in [-0.1, -0.05) is 12.1 Å². The third-order valence-electron chi connectivity index (χ3n) is 3.76. The standard InChI is InChI=1S/C12H16N2O2/c15-9-3-1-2-8-10(9)14-12(11(8)16)4-6-13-7-5-12/h1-3,11,13-16H,4-7H2. The van der Waals surface area contributed by atoms with Gasteiger partial charge in [0, 0.05) is 5.56 Å². The molecule has 1 aromatic rings. The molecule has 1 spiro atoms. The second-order valence-electron chi connectivity index (χ2n) is 4.68. The van der Waals surface area contributed by atoms with E-state index in [4.69, 9.17) is 0 Å². The third kappa shape index (κ3) is 1.23. The van der Waals surface area contributed by atoms with E-state index in [2.05, 4.69) is 10.6 Å². The lowest BCUT2D eigenvalue weighted by Crippen LogP contribution is -2.48. The zero-order valence-corrected chi connectivity index (χ0v) is 9.03. The van der Waals surface area contributed by atoms with E-state index < -0.39 is 6.10 Å². The Bertz CT molecular complexity index is 413. The maximum Gasteiger partial charge on any atom is 0.139 e. The molecule has 0 saturated carbocycles. The van der Waals surface area contributed by atoms with Crippen LogP contribution < -0.4 is 10.6 Å². The number of piperidine rings is 1. The Morgan fingerprint density at radius 3 is 2.69 bits per heavy atom. The number of aromatic hydroxyl groups is 1. The number of nitrogens with one attached hydrogen (secondary N) is 2. The van der Waals surface area contributed by atoms with Crippen molar-refractivity contribution in [2.45, 2.75) is 24.5 Å². The van der Waals surface area contributed by atoms with Crippen molar-refractivity contribution in [3.63, 3.8) is 0 Å². The minimum Gasteiger partial charge on any atom is -0.506 e. The van der Waals surface area contributed by atoms with Crippen LogP contribution in [-0.2, 0) is 0 Å². The number of phenols is 1. The molecule has 4 nitrogen and oxygen atoms in total. The minimum atomic E-state index is -0.517. The summed E-state index contributed by atoms with van der Waals surface area (Å²) in [6, 6.07) is 5.31. The molecule has 0 amide bonds. The number of rotatable bonds is 0. The second kappa shape index (κ2) is 3.37. The van der Waals surface area contributed by atoms with Gasteiger partial charge in [-0.3, -0.25) is 0 Å². The molecule has 2 aliphatic heterocycles. The number of hydrogen-bond donors (Lipinski definition) is 4. The van der Waals surface area contributed by atoms with Crippen LogP contribution in [0.2, 0.25) is 0 Å². The van der Waals surface area contributed by atoms with E-state index in [0.717, 1.165) is 31.5 Å². The summed E-state index contributed by atoms with van der Waals surface area (Å²) in [5, 5.41) is 26.8. The maximum absolute atomic E-state index is 10.4. The van der Waals surface area contributed by atoms with E-state index in [1.165, 1.54) is 0 Å². The minimum absolute atomic E-state index is 0.229. The smallest absolute Gasteiger partial charge is 0.139 e. The molecule has 2 aliphatic rings. The largest absolute Gasteiger partial charge is 0.506 e. The molecule has 16 heavy (non-hydrogen) atoms. The van der Waals surface area contributed by atoms with Gasteiger partial charge in [-0.05, 0) is 32.0 Å². The monoisotopic (exact) mass is 220 g/mol. The summed E-state index contributed by atoms with van der Waals surface area (Å²) in [5.74, 6) is 0.229. The molecule has 1 saturated heterocycles. The fourth-order valence-electron chi connectivity index (χ4n) is 2.81. The van der Waals surface area contributed by atoms with Crippen LogP contribution in [0.1, 0.15) is 24.5 Å². The highest BCUT2D eigenvalue weighted by molar-refractivity contribution is 5.68. The highest BCUT2D eigenvalue weighted by Crippen LogP contribution is 2.48. The first kappa shape index (κ1) is 9.93. The quantitative estimate of drug-likeness (QED) is 0.492. The Morgan fingerprint density at radius 1 is 1.25 bits per heavy atom. The number of aliphatic hydroxyl groups excluding tert-OH is 1. The van der Waals surface area contributed by atoms with Crippen LogP contribution in [0.3, 0.4) is 0 Å². The summed E-state index contributed by atoms with van der Waals surface area (Å²) < 4.78 is 0. The third-order valence-corrected chi connectivity index (χ3v) is 3.76. The molecule has 4 heteroatoms. The summed E-state index contributed by atoms with van der Waals surface area (Å²) in [6.07, 6.45) is 1.24. The molecule has 1 fully saturated rings. The maximum atomic E-state index is 10.4. The molecule has 0 radical (unpaired) electrons. The Labute approximate surface area is 94.3 Å². The zero-order valence-electron chi connectivity index (χ0n) is 9.03. The van der Waals surface area contributed by atoms with Gasteiger partial charge < -0.3 is 20.8 Å². The average Bonchev–Trinajstić information content (AvgIpc) is 2.57. The molecule has 86 valence electrons. The van der Waals surface area contributed by atoms with Crippen molar-refractivity contribution in [1.29, 1.82) is 0 Å². The molecule has 0 aliphatic carbocycles. The number of anilines is 1. The van der Waals surface area contributed by atoms with Crippen LogP contribution in [0.4, 0.5) is 5.69 Å². The van der Waals surface area contributed by atoms with E-state index in [0.29, 0.717) is 5.69 Å². The fraction of sp³-hybridized carbons (Fsp3) is 0.500. The molecule has 2 heterocycles. The lowest BCUT2D eigenvalue weighted by Gasteiger charge is -2.37. The molecule has 1 unspecified atom stereocenters. The molecule has 1 atom stereocenters. The highest BCUT2D eigenvalue weighted by atomic mass is 16.3. The lowest BCUT2D eigenvalue weighted by molar-refractivity contribution is 0.0873. The van der Waals surface area contributed by atoms with Gasteiger partial charge in [0.25, 0.3) is 0 Å². The highest BCUT2D eigenvalue weighted by Gasteiger charge is 2.46. The normalized spacial score (nSPS) is 26.4. The Morgan fingerprint density at radius 2 is 2.00 bits per heavy atom. The van der Waals surface area contributed by atoms with E-state index in [9.17, 15) is 10.2 Å². The van der Waals surface area contributed by atoms with Crippen molar-refractivity contribution >= 4 is 5.69 Å².